The van der Waals surface area contributed by atoms with Crippen LogP contribution in [0, 0.1) is 35.0 Å². The van der Waals surface area contributed by atoms with Crippen molar-refractivity contribution in [2.45, 2.75) is 155 Å². The second-order valence-electron chi connectivity index (χ2n) is 14.6. The number of ether oxygens (including phenoxy) is 1. The summed E-state index contributed by atoms with van der Waals surface area (Å²) in [5.41, 5.74) is 0.139. The lowest BCUT2D eigenvalue weighted by molar-refractivity contribution is -0.149. The Morgan fingerprint density at radius 2 is 1.40 bits per heavy atom. The quantitative estimate of drug-likeness (QED) is 0.202. The molecule has 0 radical (unpaired) electrons. The zero-order valence-corrected chi connectivity index (χ0v) is 27.5. The Morgan fingerprint density at radius 3 is 1.98 bits per heavy atom. The maximum atomic E-state index is 13.6. The Labute approximate surface area is 254 Å². The van der Waals surface area contributed by atoms with Gasteiger partial charge in [0.05, 0.1) is 24.0 Å². The maximum absolute atomic E-state index is 13.6. The molecule has 7 heteroatoms. The minimum absolute atomic E-state index is 0.0218. The van der Waals surface area contributed by atoms with E-state index in [4.69, 9.17) is 4.74 Å². The van der Waals surface area contributed by atoms with Crippen LogP contribution in [0.25, 0.3) is 0 Å². The van der Waals surface area contributed by atoms with Gasteiger partial charge in [-0.25, -0.2) is 0 Å². The first kappa shape index (κ1) is 33.1. The number of carbonyl (C=O) groups excluding carboxylic acids is 4. The molecule has 0 bridgehead atoms. The molecule has 0 N–H and O–H groups in total. The van der Waals surface area contributed by atoms with E-state index >= 15 is 0 Å². The molecule has 3 amide bonds. The van der Waals surface area contributed by atoms with Crippen molar-refractivity contribution in [2.24, 2.45) is 35.0 Å². The van der Waals surface area contributed by atoms with Gasteiger partial charge in [0, 0.05) is 30.5 Å². The highest BCUT2D eigenvalue weighted by molar-refractivity contribution is 6.05. The van der Waals surface area contributed by atoms with Gasteiger partial charge in [-0.05, 0) is 95.3 Å². The molecule has 4 rings (SSSR count). The van der Waals surface area contributed by atoms with E-state index in [-0.39, 0.29) is 65.2 Å². The zero-order chi connectivity index (χ0) is 30.8. The predicted octanol–water partition coefficient (Wildman–Crippen LogP) is 6.56. The molecular weight excluding hydrogens is 528 g/mol. The van der Waals surface area contributed by atoms with E-state index in [1.807, 2.05) is 11.9 Å². The van der Waals surface area contributed by atoms with Crippen LogP contribution in [0.4, 0.5) is 0 Å². The highest BCUT2D eigenvalue weighted by atomic mass is 16.5. The summed E-state index contributed by atoms with van der Waals surface area (Å²) >= 11 is 0. The summed E-state index contributed by atoms with van der Waals surface area (Å²) in [6.07, 6.45) is 12.9. The summed E-state index contributed by atoms with van der Waals surface area (Å²) in [6.45, 7) is 13.3. The highest BCUT2D eigenvalue weighted by Crippen LogP contribution is 2.47. The molecule has 3 aliphatic carbocycles. The average Bonchev–Trinajstić information content (AvgIpc) is 3.27. The SMILES string of the molecule is CCC(C)(CC)C1CCC(N2C(=O)C3CCC(OC4CCC(C(=O)N(C)C(C)(CC)CC)C(C=O)C4)CC3C2=O)CC1. The van der Waals surface area contributed by atoms with E-state index in [0.717, 1.165) is 57.7 Å². The van der Waals surface area contributed by atoms with Crippen molar-refractivity contribution in [3.63, 3.8) is 0 Å². The molecule has 1 aliphatic heterocycles. The summed E-state index contributed by atoms with van der Waals surface area (Å²) < 4.78 is 6.55. The van der Waals surface area contributed by atoms with Crippen molar-refractivity contribution >= 4 is 24.0 Å². The van der Waals surface area contributed by atoms with Crippen LogP contribution >= 0.6 is 0 Å². The van der Waals surface area contributed by atoms with Crippen LogP contribution in [-0.2, 0) is 23.9 Å². The predicted molar refractivity (Wildman–Crippen MR) is 164 cm³/mol. The van der Waals surface area contributed by atoms with Gasteiger partial charge in [0.15, 0.2) is 0 Å². The van der Waals surface area contributed by atoms with Gasteiger partial charge < -0.3 is 14.4 Å². The van der Waals surface area contributed by atoms with Crippen LogP contribution < -0.4 is 0 Å². The molecule has 6 unspecified atom stereocenters. The summed E-state index contributed by atoms with van der Waals surface area (Å²) in [5.74, 6) is -0.328. The van der Waals surface area contributed by atoms with E-state index in [1.165, 1.54) is 12.8 Å². The number of nitrogens with zero attached hydrogens (tertiary/aromatic N) is 2. The van der Waals surface area contributed by atoms with Crippen molar-refractivity contribution in [3.8, 4) is 0 Å². The van der Waals surface area contributed by atoms with Gasteiger partial charge in [-0.3, -0.25) is 19.3 Å². The third-order valence-electron chi connectivity index (χ3n) is 13.0. The van der Waals surface area contributed by atoms with Crippen molar-refractivity contribution in [1.29, 1.82) is 0 Å². The van der Waals surface area contributed by atoms with Crippen LogP contribution in [-0.4, -0.2) is 64.6 Å². The number of amides is 3. The molecule has 7 nitrogen and oxygen atoms in total. The van der Waals surface area contributed by atoms with Crippen molar-refractivity contribution in [1.82, 2.24) is 9.80 Å². The number of hydrogen-bond acceptors (Lipinski definition) is 5. The fourth-order valence-electron chi connectivity index (χ4n) is 8.77. The van der Waals surface area contributed by atoms with Crippen LogP contribution in [0.1, 0.15) is 131 Å². The van der Waals surface area contributed by atoms with Gasteiger partial charge >= 0.3 is 0 Å². The van der Waals surface area contributed by atoms with E-state index in [2.05, 4.69) is 41.5 Å². The first-order valence-electron chi connectivity index (χ1n) is 17.2. The lowest BCUT2D eigenvalue weighted by atomic mass is 9.66. The number of fused-ring (bicyclic) bond motifs is 1. The van der Waals surface area contributed by atoms with Crippen molar-refractivity contribution < 1.29 is 23.9 Å². The Balaban J connectivity index is 1.32. The van der Waals surface area contributed by atoms with E-state index in [0.29, 0.717) is 37.0 Å². The van der Waals surface area contributed by atoms with E-state index in [9.17, 15) is 19.2 Å². The van der Waals surface area contributed by atoms with Gasteiger partial charge in [0.1, 0.15) is 6.29 Å². The first-order chi connectivity index (χ1) is 20.0. The summed E-state index contributed by atoms with van der Waals surface area (Å²) in [5, 5.41) is 0. The Morgan fingerprint density at radius 1 is 0.833 bits per heavy atom. The van der Waals surface area contributed by atoms with Gasteiger partial charge in [-0.15, -0.1) is 0 Å². The summed E-state index contributed by atoms with van der Waals surface area (Å²) in [7, 11) is 1.88. The smallest absolute Gasteiger partial charge is 0.233 e. The minimum atomic E-state index is -0.351. The minimum Gasteiger partial charge on any atom is -0.375 e. The molecular formula is C35H58N2O5. The second kappa shape index (κ2) is 13.5. The van der Waals surface area contributed by atoms with Gasteiger partial charge in [-0.1, -0.05) is 47.5 Å². The standard InChI is InChI=1S/C35H58N2O5/c1-8-34(5,9-2)24-12-14-25(15-13-24)37-32(40)29-19-17-27(21-30(29)33(37)41)42-26-16-18-28(23(20-26)22-38)31(39)36(7)35(6,10-3)11-4/h22-30H,8-21H2,1-7H3. The third kappa shape index (κ3) is 6.23. The molecule has 1 saturated heterocycles. The molecule has 0 aromatic heterocycles. The number of aldehydes is 1. The lowest BCUT2D eigenvalue weighted by Gasteiger charge is -2.42. The Kier molecular flexibility index (Phi) is 10.6. The van der Waals surface area contributed by atoms with Crippen molar-refractivity contribution in [2.75, 3.05) is 7.05 Å². The zero-order valence-electron chi connectivity index (χ0n) is 27.5. The van der Waals surface area contributed by atoms with E-state index in [1.54, 1.807) is 4.90 Å². The number of likely N-dealkylation sites (tertiary alicyclic amines) is 1. The normalized spacial score (nSPS) is 34.3. The summed E-state index contributed by atoms with van der Waals surface area (Å²) in [6, 6.07) is 0.0470. The van der Waals surface area contributed by atoms with Gasteiger partial charge in [-0.2, -0.15) is 0 Å². The largest absolute Gasteiger partial charge is 0.375 e. The molecule has 4 aliphatic rings. The Hall–Kier alpha value is -1.76. The molecule has 6 atom stereocenters. The highest BCUT2D eigenvalue weighted by Gasteiger charge is 2.53. The maximum Gasteiger partial charge on any atom is 0.233 e. The van der Waals surface area contributed by atoms with E-state index < -0.39 is 0 Å². The molecule has 42 heavy (non-hydrogen) atoms. The van der Waals surface area contributed by atoms with Crippen LogP contribution in [0.3, 0.4) is 0 Å². The molecule has 0 aromatic carbocycles. The molecule has 1 heterocycles. The molecule has 4 fully saturated rings. The fraction of sp³-hybridized carbons (Fsp3) is 0.886. The van der Waals surface area contributed by atoms with Gasteiger partial charge in [0.25, 0.3) is 0 Å². The Bertz CT molecular complexity index is 980. The topological polar surface area (TPSA) is 84.0 Å². The number of imide groups is 1. The first-order valence-corrected chi connectivity index (χ1v) is 17.2. The van der Waals surface area contributed by atoms with Crippen LogP contribution in [0.15, 0.2) is 0 Å². The van der Waals surface area contributed by atoms with Gasteiger partial charge in [0.2, 0.25) is 17.7 Å². The molecule has 3 saturated carbocycles. The number of rotatable bonds is 11. The molecule has 0 spiro atoms. The van der Waals surface area contributed by atoms with Crippen molar-refractivity contribution in [3.05, 3.63) is 0 Å². The van der Waals surface area contributed by atoms with Crippen LogP contribution in [0.2, 0.25) is 0 Å². The third-order valence-corrected chi connectivity index (χ3v) is 13.0. The fourth-order valence-corrected chi connectivity index (χ4v) is 8.77. The molecule has 238 valence electrons. The monoisotopic (exact) mass is 586 g/mol. The average molecular weight is 587 g/mol. The van der Waals surface area contributed by atoms with Crippen LogP contribution in [0.5, 0.6) is 0 Å². The lowest BCUT2D eigenvalue weighted by Crippen LogP contribution is -2.51. The summed E-state index contributed by atoms with van der Waals surface area (Å²) in [4.78, 5) is 56.2. The number of carbonyl (C=O) groups is 4. The number of hydrogen-bond donors (Lipinski definition) is 0. The molecule has 0 aromatic rings. The second-order valence-corrected chi connectivity index (χ2v) is 14.6.